The third-order valence-electron chi connectivity index (χ3n) is 2.45. The van der Waals surface area contributed by atoms with Crippen molar-refractivity contribution in [1.82, 2.24) is 5.43 Å². The van der Waals surface area contributed by atoms with Crippen LogP contribution in [0.15, 0.2) is 21.7 Å². The number of benzene rings is 1. The van der Waals surface area contributed by atoms with Crippen molar-refractivity contribution in [1.29, 1.82) is 0 Å². The van der Waals surface area contributed by atoms with Crippen LogP contribution in [-0.4, -0.2) is 17.5 Å². The Morgan fingerprint density at radius 1 is 1.32 bits per heavy atom. The van der Waals surface area contributed by atoms with Crippen LogP contribution in [0.25, 0.3) is 0 Å². The minimum atomic E-state index is -0.416. The van der Waals surface area contributed by atoms with Gasteiger partial charge in [-0.2, -0.15) is 5.10 Å². The average molecular weight is 365 g/mol. The van der Waals surface area contributed by atoms with Gasteiger partial charge in [-0.15, -0.1) is 0 Å². The number of nitrogens with one attached hydrogen (secondary N) is 2. The predicted octanol–water partition coefficient (Wildman–Crippen LogP) is 2.96. The van der Waals surface area contributed by atoms with Crippen LogP contribution in [0, 0.1) is 0 Å². The first-order valence-electron chi connectivity index (χ1n) is 5.29. The fraction of sp³-hybridized carbons (Fsp3) is 0.182. The number of hydrogen-bond donors (Lipinski definition) is 2. The Kier molecular flexibility index (Phi) is 4.44. The Labute approximate surface area is 127 Å². The molecule has 0 atom stereocenters. The fourth-order valence-electron chi connectivity index (χ4n) is 1.45. The number of anilines is 1. The second-order valence-electron chi connectivity index (χ2n) is 3.77. The van der Waals surface area contributed by atoms with Gasteiger partial charge >= 0.3 is 0 Å². The highest BCUT2D eigenvalue weighted by Crippen LogP contribution is 2.35. The van der Waals surface area contributed by atoms with Crippen molar-refractivity contribution in [3.8, 4) is 0 Å². The van der Waals surface area contributed by atoms with Crippen LogP contribution in [-0.2, 0) is 9.59 Å². The van der Waals surface area contributed by atoms with Gasteiger partial charge in [0.05, 0.1) is 15.7 Å². The molecule has 100 valence electrons. The first-order valence-corrected chi connectivity index (χ1v) is 6.84. The number of rotatable bonds is 2. The van der Waals surface area contributed by atoms with Gasteiger partial charge in [0.2, 0.25) is 5.91 Å². The fourth-order valence-corrected chi connectivity index (χ4v) is 2.28. The molecule has 0 unspecified atom stereocenters. The summed E-state index contributed by atoms with van der Waals surface area (Å²) < 4.78 is 0.638. The van der Waals surface area contributed by atoms with Crippen molar-refractivity contribution in [2.75, 3.05) is 5.32 Å². The number of carbonyl (C=O) groups excluding carboxylic acids is 2. The van der Waals surface area contributed by atoms with E-state index in [4.69, 9.17) is 23.2 Å². The highest BCUT2D eigenvalue weighted by atomic mass is 79.9. The summed E-state index contributed by atoms with van der Waals surface area (Å²) in [5.74, 6) is -0.624. The SMILES string of the molecule is O=C1CCC(C(=O)Nc2ccc(Br)c(Cl)c2Cl)=NN1. The molecule has 1 aliphatic rings. The molecule has 0 saturated carbocycles. The Balaban J connectivity index is 2.16. The second-order valence-corrected chi connectivity index (χ2v) is 5.38. The summed E-state index contributed by atoms with van der Waals surface area (Å²) in [6.07, 6.45) is 0.528. The first kappa shape index (κ1) is 14.3. The van der Waals surface area contributed by atoms with Crippen LogP contribution in [0.3, 0.4) is 0 Å². The highest BCUT2D eigenvalue weighted by Gasteiger charge is 2.19. The lowest BCUT2D eigenvalue weighted by molar-refractivity contribution is -0.121. The molecule has 2 amide bonds. The average Bonchev–Trinajstić information content (AvgIpc) is 2.40. The van der Waals surface area contributed by atoms with Crippen LogP contribution in [0.5, 0.6) is 0 Å². The normalized spacial score (nSPS) is 14.7. The maximum Gasteiger partial charge on any atom is 0.271 e. The van der Waals surface area contributed by atoms with E-state index in [0.29, 0.717) is 21.6 Å². The third kappa shape index (κ3) is 3.26. The molecule has 0 spiro atoms. The predicted molar refractivity (Wildman–Crippen MR) is 77.6 cm³/mol. The van der Waals surface area contributed by atoms with Gasteiger partial charge in [-0.1, -0.05) is 23.2 Å². The van der Waals surface area contributed by atoms with E-state index in [0.717, 1.165) is 0 Å². The van der Waals surface area contributed by atoms with E-state index < -0.39 is 5.91 Å². The molecule has 2 rings (SSSR count). The minimum absolute atomic E-state index is 0.207. The smallest absolute Gasteiger partial charge is 0.271 e. The Hall–Kier alpha value is -1.11. The minimum Gasteiger partial charge on any atom is -0.319 e. The lowest BCUT2D eigenvalue weighted by Gasteiger charge is -2.13. The number of hydrogen-bond acceptors (Lipinski definition) is 3. The van der Waals surface area contributed by atoms with Crippen molar-refractivity contribution >= 4 is 62.3 Å². The van der Waals surface area contributed by atoms with E-state index in [-0.39, 0.29) is 23.1 Å². The van der Waals surface area contributed by atoms with Gasteiger partial charge in [-0.25, -0.2) is 5.43 Å². The Morgan fingerprint density at radius 2 is 2.05 bits per heavy atom. The van der Waals surface area contributed by atoms with Crippen molar-refractivity contribution in [3.05, 3.63) is 26.7 Å². The summed E-state index contributed by atoms with van der Waals surface area (Å²) in [6, 6.07) is 3.30. The zero-order chi connectivity index (χ0) is 14.0. The van der Waals surface area contributed by atoms with Crippen molar-refractivity contribution in [3.63, 3.8) is 0 Å². The summed E-state index contributed by atoms with van der Waals surface area (Å²) in [6.45, 7) is 0. The van der Waals surface area contributed by atoms with E-state index in [1.54, 1.807) is 12.1 Å². The molecule has 0 fully saturated rings. The number of hydrazone groups is 1. The number of carbonyl (C=O) groups is 2. The Morgan fingerprint density at radius 3 is 2.68 bits per heavy atom. The largest absolute Gasteiger partial charge is 0.319 e. The number of nitrogens with zero attached hydrogens (tertiary/aromatic N) is 1. The number of amides is 2. The van der Waals surface area contributed by atoms with Gasteiger partial charge in [-0.05, 0) is 28.1 Å². The molecule has 1 aromatic rings. The third-order valence-corrected chi connectivity index (χ3v) is 4.22. The summed E-state index contributed by atoms with van der Waals surface area (Å²) in [5, 5.41) is 6.86. The zero-order valence-corrected chi connectivity index (χ0v) is 12.6. The number of halogens is 3. The molecule has 5 nitrogen and oxygen atoms in total. The van der Waals surface area contributed by atoms with E-state index in [9.17, 15) is 9.59 Å². The molecular weight excluding hydrogens is 357 g/mol. The standard InChI is InChI=1S/C11H8BrCl2N3O2/c12-5-1-2-6(10(14)9(5)13)15-11(19)7-3-4-8(18)17-16-7/h1-2H,3-4H2,(H,15,19)(H,17,18). The quantitative estimate of drug-likeness (QED) is 0.792. The van der Waals surface area contributed by atoms with Crippen LogP contribution >= 0.6 is 39.1 Å². The molecule has 19 heavy (non-hydrogen) atoms. The molecular formula is C11H8BrCl2N3O2. The molecule has 0 bridgehead atoms. The van der Waals surface area contributed by atoms with Crippen LogP contribution in [0.1, 0.15) is 12.8 Å². The summed E-state index contributed by atoms with van der Waals surface area (Å²) in [5.41, 5.74) is 2.89. The summed E-state index contributed by atoms with van der Waals surface area (Å²) in [7, 11) is 0. The zero-order valence-electron chi connectivity index (χ0n) is 9.47. The van der Waals surface area contributed by atoms with Crippen molar-refractivity contribution in [2.45, 2.75) is 12.8 Å². The van der Waals surface area contributed by atoms with Crippen LogP contribution < -0.4 is 10.7 Å². The van der Waals surface area contributed by atoms with E-state index >= 15 is 0 Å². The lowest BCUT2D eigenvalue weighted by Crippen LogP contribution is -2.32. The molecule has 1 aliphatic heterocycles. The summed E-state index contributed by atoms with van der Waals surface area (Å²) >= 11 is 15.2. The van der Waals surface area contributed by atoms with Gasteiger partial charge in [0, 0.05) is 17.3 Å². The van der Waals surface area contributed by atoms with Gasteiger partial charge in [-0.3, -0.25) is 9.59 Å². The molecule has 0 aliphatic carbocycles. The van der Waals surface area contributed by atoms with Crippen molar-refractivity contribution in [2.24, 2.45) is 5.10 Å². The summed E-state index contributed by atoms with van der Waals surface area (Å²) in [4.78, 5) is 22.8. The second kappa shape index (κ2) is 5.90. The maximum atomic E-state index is 11.9. The monoisotopic (exact) mass is 363 g/mol. The Bertz CT molecular complexity index is 590. The van der Waals surface area contributed by atoms with Crippen LogP contribution in [0.4, 0.5) is 5.69 Å². The van der Waals surface area contributed by atoms with Gasteiger partial charge in [0.1, 0.15) is 5.71 Å². The van der Waals surface area contributed by atoms with E-state index in [2.05, 4.69) is 31.8 Å². The van der Waals surface area contributed by atoms with Gasteiger partial charge < -0.3 is 5.32 Å². The van der Waals surface area contributed by atoms with E-state index in [1.807, 2.05) is 0 Å². The lowest BCUT2D eigenvalue weighted by atomic mass is 10.1. The first-order chi connectivity index (χ1) is 8.99. The molecule has 2 N–H and O–H groups in total. The molecule has 8 heteroatoms. The van der Waals surface area contributed by atoms with Crippen LogP contribution in [0.2, 0.25) is 10.0 Å². The van der Waals surface area contributed by atoms with Gasteiger partial charge in [0.25, 0.3) is 5.91 Å². The molecule has 1 heterocycles. The molecule has 0 aromatic heterocycles. The highest BCUT2D eigenvalue weighted by molar-refractivity contribution is 9.10. The molecule has 0 radical (unpaired) electrons. The maximum absolute atomic E-state index is 11.9. The molecule has 0 saturated heterocycles. The molecule has 1 aromatic carbocycles. The van der Waals surface area contributed by atoms with Gasteiger partial charge in [0.15, 0.2) is 0 Å². The van der Waals surface area contributed by atoms with Crippen molar-refractivity contribution < 1.29 is 9.59 Å². The topological polar surface area (TPSA) is 70.6 Å². The van der Waals surface area contributed by atoms with E-state index in [1.165, 1.54) is 0 Å².